The molecule has 1 aromatic carbocycles. The van der Waals surface area contributed by atoms with Crippen LogP contribution in [0.15, 0.2) is 29.6 Å². The maximum atomic E-state index is 11.8. The second-order valence-electron chi connectivity index (χ2n) is 4.81. The van der Waals surface area contributed by atoms with Gasteiger partial charge in [-0.1, -0.05) is 0 Å². The summed E-state index contributed by atoms with van der Waals surface area (Å²) < 4.78 is 4.95. The van der Waals surface area contributed by atoms with Crippen LogP contribution in [0.4, 0.5) is 11.4 Å². The molecule has 0 saturated heterocycles. The Bertz CT molecular complexity index is 769. The summed E-state index contributed by atoms with van der Waals surface area (Å²) in [6.07, 6.45) is 0. The zero-order chi connectivity index (χ0) is 17.0. The quantitative estimate of drug-likeness (QED) is 0.515. The summed E-state index contributed by atoms with van der Waals surface area (Å²) in [6, 6.07) is 5.89. The minimum absolute atomic E-state index is 0.0555. The molecular formula is C15H14N2O5S. The van der Waals surface area contributed by atoms with E-state index in [2.05, 4.69) is 5.32 Å². The fraction of sp³-hybridized carbons (Fsp3) is 0.200. The van der Waals surface area contributed by atoms with Crippen LogP contribution in [0.3, 0.4) is 0 Å². The number of carbonyl (C=O) groups excluding carboxylic acids is 2. The molecule has 1 N–H and O–H groups in total. The van der Waals surface area contributed by atoms with Crippen LogP contribution >= 0.6 is 11.3 Å². The first-order valence-electron chi connectivity index (χ1n) is 6.64. The number of nitro benzene ring substituents is 1. The van der Waals surface area contributed by atoms with Gasteiger partial charge in [0.15, 0.2) is 6.61 Å². The summed E-state index contributed by atoms with van der Waals surface area (Å²) in [5.41, 5.74) is 1.73. The minimum Gasteiger partial charge on any atom is -0.451 e. The number of ether oxygens (including phenoxy) is 1. The number of hydrogen-bond acceptors (Lipinski definition) is 6. The van der Waals surface area contributed by atoms with E-state index in [1.165, 1.54) is 29.5 Å². The highest BCUT2D eigenvalue weighted by Gasteiger charge is 2.15. The van der Waals surface area contributed by atoms with Crippen LogP contribution in [0.5, 0.6) is 0 Å². The Morgan fingerprint density at radius 3 is 2.57 bits per heavy atom. The van der Waals surface area contributed by atoms with E-state index in [-0.39, 0.29) is 5.69 Å². The van der Waals surface area contributed by atoms with E-state index < -0.39 is 23.4 Å². The van der Waals surface area contributed by atoms with Crippen LogP contribution in [0.25, 0.3) is 0 Å². The average Bonchev–Trinajstić information content (AvgIpc) is 2.93. The van der Waals surface area contributed by atoms with Crippen LogP contribution in [-0.4, -0.2) is 23.4 Å². The number of carbonyl (C=O) groups is 2. The third kappa shape index (κ3) is 4.13. The summed E-state index contributed by atoms with van der Waals surface area (Å²) >= 11 is 1.25. The molecule has 0 bridgehead atoms. The van der Waals surface area contributed by atoms with E-state index in [4.69, 9.17) is 4.74 Å². The Balaban J connectivity index is 1.94. The first-order valence-corrected chi connectivity index (χ1v) is 7.52. The number of non-ortho nitro benzene ring substituents is 1. The van der Waals surface area contributed by atoms with Crippen molar-refractivity contribution >= 4 is 34.6 Å². The summed E-state index contributed by atoms with van der Waals surface area (Å²) in [7, 11) is 0. The number of nitrogens with zero attached hydrogens (tertiary/aromatic N) is 1. The summed E-state index contributed by atoms with van der Waals surface area (Å²) in [6.45, 7) is 3.00. The second-order valence-corrected chi connectivity index (χ2v) is 5.73. The van der Waals surface area contributed by atoms with E-state index in [9.17, 15) is 19.7 Å². The van der Waals surface area contributed by atoms with Gasteiger partial charge < -0.3 is 10.1 Å². The zero-order valence-corrected chi connectivity index (χ0v) is 13.3. The molecule has 0 radical (unpaired) electrons. The Morgan fingerprint density at radius 1 is 1.26 bits per heavy atom. The number of thiophene rings is 1. The first-order chi connectivity index (χ1) is 10.9. The monoisotopic (exact) mass is 334 g/mol. The predicted octanol–water partition coefficient (Wildman–Crippen LogP) is 3.07. The van der Waals surface area contributed by atoms with E-state index in [0.29, 0.717) is 16.1 Å². The molecule has 1 heterocycles. The maximum Gasteiger partial charge on any atom is 0.349 e. The van der Waals surface area contributed by atoms with Crippen molar-refractivity contribution < 1.29 is 19.2 Å². The van der Waals surface area contributed by atoms with Crippen molar-refractivity contribution in [3.63, 3.8) is 0 Å². The molecule has 0 aliphatic heterocycles. The molecule has 23 heavy (non-hydrogen) atoms. The van der Waals surface area contributed by atoms with Gasteiger partial charge in [0.25, 0.3) is 11.6 Å². The molecule has 1 amide bonds. The standard InChI is InChI=1S/C15H14N2O5S/c1-9-5-6-23-14(9)15(19)22-8-13(18)16-12-4-3-11(17(20)21)7-10(12)2/h3-7H,8H2,1-2H3,(H,16,18). The van der Waals surface area contributed by atoms with Crippen LogP contribution in [0.2, 0.25) is 0 Å². The second kappa shape index (κ2) is 7.01. The summed E-state index contributed by atoms with van der Waals surface area (Å²) in [5, 5.41) is 15.0. The van der Waals surface area contributed by atoms with Crippen molar-refractivity contribution in [1.29, 1.82) is 0 Å². The van der Waals surface area contributed by atoms with Crippen molar-refractivity contribution in [2.75, 3.05) is 11.9 Å². The number of anilines is 1. The van der Waals surface area contributed by atoms with E-state index in [1.807, 2.05) is 0 Å². The van der Waals surface area contributed by atoms with Gasteiger partial charge in [0.1, 0.15) is 4.88 Å². The topological polar surface area (TPSA) is 98.5 Å². The van der Waals surface area contributed by atoms with Gasteiger partial charge in [0.2, 0.25) is 0 Å². The summed E-state index contributed by atoms with van der Waals surface area (Å²) in [4.78, 5) is 34.2. The Hall–Kier alpha value is -2.74. The van der Waals surface area contributed by atoms with Crippen LogP contribution < -0.4 is 5.32 Å². The third-order valence-electron chi connectivity index (χ3n) is 3.08. The normalized spacial score (nSPS) is 10.2. The Labute approximate surface area is 136 Å². The number of hydrogen-bond donors (Lipinski definition) is 1. The lowest BCUT2D eigenvalue weighted by Crippen LogP contribution is -2.21. The number of aryl methyl sites for hydroxylation is 2. The molecule has 0 saturated carbocycles. The Morgan fingerprint density at radius 2 is 2.00 bits per heavy atom. The van der Waals surface area contributed by atoms with E-state index in [0.717, 1.165) is 5.56 Å². The molecule has 0 aliphatic carbocycles. The fourth-order valence-electron chi connectivity index (χ4n) is 1.87. The third-order valence-corrected chi connectivity index (χ3v) is 4.07. The SMILES string of the molecule is Cc1cc([N+](=O)[O-])ccc1NC(=O)COC(=O)c1sccc1C. The predicted molar refractivity (Wildman–Crippen MR) is 85.8 cm³/mol. The number of esters is 1. The Kier molecular flexibility index (Phi) is 5.07. The van der Waals surface area contributed by atoms with Crippen molar-refractivity contribution in [3.8, 4) is 0 Å². The molecule has 2 aromatic rings. The zero-order valence-electron chi connectivity index (χ0n) is 12.5. The average molecular weight is 334 g/mol. The minimum atomic E-state index is -0.548. The smallest absolute Gasteiger partial charge is 0.349 e. The lowest BCUT2D eigenvalue weighted by molar-refractivity contribution is -0.384. The maximum absolute atomic E-state index is 11.8. The lowest BCUT2D eigenvalue weighted by atomic mass is 10.2. The van der Waals surface area contributed by atoms with Crippen LogP contribution in [-0.2, 0) is 9.53 Å². The molecule has 120 valence electrons. The molecule has 8 heteroatoms. The molecule has 0 unspecified atom stereocenters. The van der Waals surface area contributed by atoms with Crippen molar-refractivity contribution in [2.45, 2.75) is 13.8 Å². The molecule has 0 fully saturated rings. The van der Waals surface area contributed by atoms with Gasteiger partial charge in [-0.25, -0.2) is 4.79 Å². The number of rotatable bonds is 5. The van der Waals surface area contributed by atoms with E-state index in [1.54, 1.807) is 25.3 Å². The molecular weight excluding hydrogens is 320 g/mol. The fourth-order valence-corrected chi connectivity index (χ4v) is 2.68. The number of amides is 1. The summed E-state index contributed by atoms with van der Waals surface area (Å²) in [5.74, 6) is -1.06. The molecule has 7 nitrogen and oxygen atoms in total. The van der Waals surface area contributed by atoms with Gasteiger partial charge in [-0.2, -0.15) is 0 Å². The molecule has 0 spiro atoms. The number of nitro groups is 1. The van der Waals surface area contributed by atoms with Gasteiger partial charge in [0.05, 0.1) is 4.92 Å². The van der Waals surface area contributed by atoms with Crippen LogP contribution in [0.1, 0.15) is 20.8 Å². The molecule has 0 atom stereocenters. The van der Waals surface area contributed by atoms with Gasteiger partial charge in [0, 0.05) is 17.8 Å². The highest BCUT2D eigenvalue weighted by molar-refractivity contribution is 7.12. The van der Waals surface area contributed by atoms with E-state index >= 15 is 0 Å². The molecule has 0 aliphatic rings. The molecule has 2 rings (SSSR count). The lowest BCUT2D eigenvalue weighted by Gasteiger charge is -2.08. The van der Waals surface area contributed by atoms with Crippen LogP contribution in [0, 0.1) is 24.0 Å². The van der Waals surface area contributed by atoms with Crippen molar-refractivity contribution in [1.82, 2.24) is 0 Å². The van der Waals surface area contributed by atoms with Gasteiger partial charge in [-0.05, 0) is 42.5 Å². The van der Waals surface area contributed by atoms with Gasteiger partial charge in [-0.15, -0.1) is 11.3 Å². The number of benzene rings is 1. The van der Waals surface area contributed by atoms with Gasteiger partial charge in [-0.3, -0.25) is 14.9 Å². The highest BCUT2D eigenvalue weighted by atomic mass is 32.1. The first kappa shape index (κ1) is 16.6. The molecule has 1 aromatic heterocycles. The van der Waals surface area contributed by atoms with Gasteiger partial charge >= 0.3 is 5.97 Å². The van der Waals surface area contributed by atoms with Crippen molar-refractivity contribution in [2.24, 2.45) is 0 Å². The van der Waals surface area contributed by atoms with Crippen molar-refractivity contribution in [3.05, 3.63) is 55.8 Å². The largest absolute Gasteiger partial charge is 0.451 e. The highest BCUT2D eigenvalue weighted by Crippen LogP contribution is 2.21. The number of nitrogens with one attached hydrogen (secondary N) is 1.